The van der Waals surface area contributed by atoms with Gasteiger partial charge in [-0.05, 0) is 31.9 Å². The summed E-state index contributed by atoms with van der Waals surface area (Å²) in [5, 5.41) is 6.18. The van der Waals surface area contributed by atoms with Crippen molar-refractivity contribution in [2.24, 2.45) is 4.99 Å². The molecule has 136 valence electrons. The third-order valence-corrected chi connectivity index (χ3v) is 5.33. The Morgan fingerprint density at radius 1 is 1.52 bits per heavy atom. The molecule has 0 saturated carbocycles. The number of nitrogens with one attached hydrogen (secondary N) is 2. The van der Waals surface area contributed by atoms with Crippen LogP contribution in [0.1, 0.15) is 32.3 Å². The second kappa shape index (κ2) is 8.58. The van der Waals surface area contributed by atoms with E-state index in [-0.39, 0.29) is 24.3 Å². The maximum atomic E-state index is 12.3. The Hall–Kier alpha value is -1.73. The third kappa shape index (κ3) is 5.12. The van der Waals surface area contributed by atoms with E-state index in [9.17, 15) is 9.59 Å². The molecule has 1 aliphatic heterocycles. The first-order valence-corrected chi connectivity index (χ1v) is 9.29. The van der Waals surface area contributed by atoms with E-state index in [1.165, 1.54) is 18.9 Å². The van der Waals surface area contributed by atoms with Crippen molar-refractivity contribution in [1.82, 2.24) is 5.32 Å². The summed E-state index contributed by atoms with van der Waals surface area (Å²) in [4.78, 5) is 28.8. The average Bonchev–Trinajstić information content (AvgIpc) is 2.89. The summed E-state index contributed by atoms with van der Waals surface area (Å²) in [5.41, 5.74) is 1.36. The highest BCUT2D eigenvalue weighted by molar-refractivity contribution is 8.15. The number of ether oxygens (including phenoxy) is 1. The Labute approximate surface area is 156 Å². The van der Waals surface area contributed by atoms with Crippen LogP contribution in [0.25, 0.3) is 0 Å². The molecule has 1 aromatic carbocycles. The molecule has 0 aromatic heterocycles. The number of carbonyl (C=O) groups excluding carboxylic acids is 2. The van der Waals surface area contributed by atoms with Crippen LogP contribution in [0.15, 0.2) is 17.1 Å². The van der Waals surface area contributed by atoms with Gasteiger partial charge >= 0.3 is 0 Å². The SMILES string of the molecule is CCC(C)N=C1NC(=O)C(CC(=O)Nc2cc(C)c(Cl)cc2OC)S1. The van der Waals surface area contributed by atoms with Crippen molar-refractivity contribution < 1.29 is 14.3 Å². The Morgan fingerprint density at radius 3 is 2.88 bits per heavy atom. The lowest BCUT2D eigenvalue weighted by Gasteiger charge is -2.13. The van der Waals surface area contributed by atoms with Gasteiger partial charge in [-0.3, -0.25) is 14.6 Å². The second-order valence-corrected chi connectivity index (χ2v) is 7.44. The predicted molar refractivity (Wildman–Crippen MR) is 103 cm³/mol. The molecule has 1 aromatic rings. The lowest BCUT2D eigenvalue weighted by Crippen LogP contribution is -2.28. The van der Waals surface area contributed by atoms with Crippen LogP contribution in [0, 0.1) is 6.92 Å². The van der Waals surface area contributed by atoms with Crippen LogP contribution in [-0.2, 0) is 9.59 Å². The fourth-order valence-electron chi connectivity index (χ4n) is 2.19. The molecule has 1 aliphatic rings. The molecule has 2 rings (SSSR count). The van der Waals surface area contributed by atoms with Gasteiger partial charge in [0.15, 0.2) is 5.17 Å². The fraction of sp³-hybridized carbons (Fsp3) is 0.471. The maximum Gasteiger partial charge on any atom is 0.240 e. The van der Waals surface area contributed by atoms with Crippen LogP contribution in [0.2, 0.25) is 5.02 Å². The molecule has 0 bridgehead atoms. The number of halogens is 1. The fourth-order valence-corrected chi connectivity index (χ4v) is 3.42. The number of amides is 2. The summed E-state index contributed by atoms with van der Waals surface area (Å²) in [6.07, 6.45) is 0.946. The van der Waals surface area contributed by atoms with Gasteiger partial charge in [-0.2, -0.15) is 0 Å². The topological polar surface area (TPSA) is 79.8 Å². The van der Waals surface area contributed by atoms with Gasteiger partial charge in [0, 0.05) is 23.6 Å². The number of amidine groups is 1. The van der Waals surface area contributed by atoms with Crippen molar-refractivity contribution in [3.8, 4) is 5.75 Å². The normalized spacial score (nSPS) is 19.6. The van der Waals surface area contributed by atoms with Crippen molar-refractivity contribution in [3.05, 3.63) is 22.7 Å². The first-order valence-electron chi connectivity index (χ1n) is 8.03. The van der Waals surface area contributed by atoms with Crippen molar-refractivity contribution in [2.45, 2.75) is 44.9 Å². The summed E-state index contributed by atoms with van der Waals surface area (Å²) in [5.74, 6) is 0.0189. The smallest absolute Gasteiger partial charge is 0.240 e. The average molecular weight is 384 g/mol. The number of aliphatic imine (C=N–C) groups is 1. The molecule has 1 fully saturated rings. The van der Waals surface area contributed by atoms with E-state index in [1.54, 1.807) is 12.1 Å². The minimum Gasteiger partial charge on any atom is -0.495 e. The van der Waals surface area contributed by atoms with Crippen molar-refractivity contribution >= 4 is 46.0 Å². The van der Waals surface area contributed by atoms with Gasteiger partial charge in [-0.1, -0.05) is 30.3 Å². The molecule has 1 saturated heterocycles. The van der Waals surface area contributed by atoms with Gasteiger partial charge in [0.2, 0.25) is 11.8 Å². The third-order valence-electron chi connectivity index (χ3n) is 3.83. The molecular formula is C17H22ClN3O3S. The zero-order valence-electron chi connectivity index (χ0n) is 14.7. The van der Waals surface area contributed by atoms with Crippen molar-refractivity contribution in [3.63, 3.8) is 0 Å². The maximum absolute atomic E-state index is 12.3. The summed E-state index contributed by atoms with van der Waals surface area (Å²) < 4.78 is 5.24. The van der Waals surface area contributed by atoms with Crippen LogP contribution in [0.3, 0.4) is 0 Å². The number of carbonyl (C=O) groups is 2. The Bertz CT molecular complexity index is 709. The summed E-state index contributed by atoms with van der Waals surface area (Å²) in [6.45, 7) is 5.85. The number of methoxy groups -OCH3 is 1. The number of rotatable bonds is 6. The van der Waals surface area contributed by atoms with E-state index >= 15 is 0 Å². The molecule has 2 N–H and O–H groups in total. The van der Waals surface area contributed by atoms with E-state index < -0.39 is 5.25 Å². The lowest BCUT2D eigenvalue weighted by atomic mass is 10.2. The number of hydrogen-bond donors (Lipinski definition) is 2. The first kappa shape index (κ1) is 19.6. The predicted octanol–water partition coefficient (Wildman–Crippen LogP) is 3.37. The van der Waals surface area contributed by atoms with E-state index in [4.69, 9.17) is 16.3 Å². The van der Waals surface area contributed by atoms with E-state index in [1.807, 2.05) is 20.8 Å². The Balaban J connectivity index is 2.03. The molecule has 25 heavy (non-hydrogen) atoms. The Kier molecular flexibility index (Phi) is 6.72. The molecule has 2 atom stereocenters. The van der Waals surface area contributed by atoms with Crippen LogP contribution >= 0.6 is 23.4 Å². The first-order chi connectivity index (χ1) is 11.8. The number of benzene rings is 1. The van der Waals surface area contributed by atoms with Gasteiger partial charge in [0.1, 0.15) is 11.0 Å². The van der Waals surface area contributed by atoms with Crippen molar-refractivity contribution in [2.75, 3.05) is 12.4 Å². The van der Waals surface area contributed by atoms with Gasteiger partial charge in [0.25, 0.3) is 0 Å². The van der Waals surface area contributed by atoms with Gasteiger partial charge in [-0.15, -0.1) is 0 Å². The molecular weight excluding hydrogens is 362 g/mol. The molecule has 0 spiro atoms. The number of nitrogens with zero attached hydrogens (tertiary/aromatic N) is 1. The highest BCUT2D eigenvalue weighted by Crippen LogP contribution is 2.31. The standard InChI is InChI=1S/C17H22ClN3O3S/c1-5-10(3)19-17-21-16(23)14(25-17)8-15(22)20-12-6-9(2)11(18)7-13(12)24-4/h6-7,10,14H,5,8H2,1-4H3,(H,20,22)(H,19,21,23). The van der Waals surface area contributed by atoms with Gasteiger partial charge in [0.05, 0.1) is 12.8 Å². The summed E-state index contributed by atoms with van der Waals surface area (Å²) in [7, 11) is 1.51. The van der Waals surface area contributed by atoms with Crippen LogP contribution in [-0.4, -0.2) is 35.4 Å². The van der Waals surface area contributed by atoms with Crippen LogP contribution in [0.4, 0.5) is 5.69 Å². The number of hydrogen-bond acceptors (Lipinski definition) is 5. The highest BCUT2D eigenvalue weighted by Gasteiger charge is 2.32. The molecule has 2 unspecified atom stereocenters. The molecule has 6 nitrogen and oxygen atoms in total. The quantitative estimate of drug-likeness (QED) is 0.789. The van der Waals surface area contributed by atoms with E-state index in [0.717, 1.165) is 12.0 Å². The van der Waals surface area contributed by atoms with Gasteiger partial charge < -0.3 is 15.4 Å². The monoisotopic (exact) mass is 383 g/mol. The summed E-state index contributed by atoms with van der Waals surface area (Å²) >= 11 is 7.36. The number of anilines is 1. The van der Waals surface area contributed by atoms with Crippen LogP contribution < -0.4 is 15.4 Å². The number of thioether (sulfide) groups is 1. The van der Waals surface area contributed by atoms with E-state index in [0.29, 0.717) is 21.6 Å². The molecule has 2 amide bonds. The zero-order chi connectivity index (χ0) is 18.6. The Morgan fingerprint density at radius 2 is 2.24 bits per heavy atom. The molecule has 8 heteroatoms. The largest absolute Gasteiger partial charge is 0.495 e. The zero-order valence-corrected chi connectivity index (χ0v) is 16.3. The van der Waals surface area contributed by atoms with E-state index in [2.05, 4.69) is 15.6 Å². The lowest BCUT2D eigenvalue weighted by molar-refractivity contribution is -0.122. The molecule has 0 aliphatic carbocycles. The van der Waals surface area contributed by atoms with Crippen LogP contribution in [0.5, 0.6) is 5.75 Å². The van der Waals surface area contributed by atoms with Gasteiger partial charge in [-0.25, -0.2) is 0 Å². The van der Waals surface area contributed by atoms with Crippen molar-refractivity contribution in [1.29, 1.82) is 0 Å². The highest BCUT2D eigenvalue weighted by atomic mass is 35.5. The molecule has 0 radical (unpaired) electrons. The number of aryl methyl sites for hydroxylation is 1. The minimum atomic E-state index is -0.484. The minimum absolute atomic E-state index is 0.0564. The molecule has 1 heterocycles. The summed E-state index contributed by atoms with van der Waals surface area (Å²) in [6, 6.07) is 3.54. The second-order valence-electron chi connectivity index (χ2n) is 5.84.